The van der Waals surface area contributed by atoms with E-state index in [4.69, 9.17) is 4.99 Å². The lowest BCUT2D eigenvalue weighted by Crippen LogP contribution is -2.35. The first-order valence-electron chi connectivity index (χ1n) is 10.6. The number of fused-ring (bicyclic) bond motifs is 1. The molecule has 6 heteroatoms. The van der Waals surface area contributed by atoms with Gasteiger partial charge in [0.15, 0.2) is 5.17 Å². The summed E-state index contributed by atoms with van der Waals surface area (Å²) in [5, 5.41) is 1.18. The van der Waals surface area contributed by atoms with E-state index in [1.54, 1.807) is 0 Å². The van der Waals surface area contributed by atoms with Crippen LogP contribution in [0.1, 0.15) is 53.6 Å². The molecule has 3 aromatic rings. The Balaban J connectivity index is 1.57. The summed E-state index contributed by atoms with van der Waals surface area (Å²) in [7, 11) is 0. The van der Waals surface area contributed by atoms with E-state index in [1.807, 2.05) is 42.5 Å². The van der Waals surface area contributed by atoms with Crippen LogP contribution in [0.2, 0.25) is 0 Å². The molecule has 3 atom stereocenters. The Labute approximate surface area is 182 Å². The number of amidine groups is 1. The van der Waals surface area contributed by atoms with Crippen molar-refractivity contribution >= 4 is 16.9 Å². The van der Waals surface area contributed by atoms with Gasteiger partial charge in [0, 0.05) is 48.3 Å². The average Bonchev–Trinajstić information content (AvgIpc) is 3.43. The Morgan fingerprint density at radius 3 is 2.77 bits per heavy atom. The van der Waals surface area contributed by atoms with Crippen LogP contribution in [0, 0.1) is 13.8 Å². The number of aromatic nitrogens is 3. The average molecular weight is 418 g/mol. The van der Waals surface area contributed by atoms with E-state index >= 15 is 0 Å². The number of aliphatic imine (C=N–C) groups is 1. The monoisotopic (exact) mass is 417 g/mol. The van der Waals surface area contributed by atoms with Crippen molar-refractivity contribution in [3.63, 3.8) is 0 Å². The summed E-state index contributed by atoms with van der Waals surface area (Å²) in [5.41, 5.74) is 6.23. The van der Waals surface area contributed by atoms with Crippen LogP contribution in [0.25, 0.3) is 0 Å². The molecule has 5 heterocycles. The molecule has 0 bridgehead atoms. The van der Waals surface area contributed by atoms with E-state index in [0.29, 0.717) is 6.04 Å². The number of thioether (sulfide) groups is 1. The topological polar surface area (TPSA) is 46.3 Å². The van der Waals surface area contributed by atoms with Gasteiger partial charge < -0.3 is 9.47 Å². The first-order valence-corrected chi connectivity index (χ1v) is 11.6. The van der Waals surface area contributed by atoms with E-state index in [2.05, 4.69) is 64.5 Å². The van der Waals surface area contributed by atoms with Crippen molar-refractivity contribution in [3.05, 3.63) is 83.2 Å². The standard InChI is InChI=1S/C24H27N5S/c1-4-19-15-30-24-27-22(21-9-5-6-11-26-21)23(29(19)24)20-12-16(2)28(17(20)3)14-18-8-7-10-25-13-18/h5-13,19,22-23H,4,14-15H2,1-3H3/t19-,22-,23+/m1/s1. The second kappa shape index (κ2) is 7.91. The maximum Gasteiger partial charge on any atom is 0.160 e. The molecule has 1 fully saturated rings. The van der Waals surface area contributed by atoms with Gasteiger partial charge in [-0.3, -0.25) is 15.0 Å². The number of aryl methyl sites for hydroxylation is 1. The molecule has 0 radical (unpaired) electrons. The molecule has 0 amide bonds. The summed E-state index contributed by atoms with van der Waals surface area (Å²) >= 11 is 1.90. The minimum absolute atomic E-state index is 0.0374. The van der Waals surface area contributed by atoms with E-state index in [9.17, 15) is 0 Å². The van der Waals surface area contributed by atoms with Gasteiger partial charge in [-0.15, -0.1) is 0 Å². The van der Waals surface area contributed by atoms with Crippen LogP contribution in [-0.2, 0) is 6.54 Å². The third-order valence-corrected chi connectivity index (χ3v) is 7.45. The highest BCUT2D eigenvalue weighted by molar-refractivity contribution is 8.14. The zero-order valence-electron chi connectivity index (χ0n) is 17.7. The van der Waals surface area contributed by atoms with Crippen LogP contribution >= 0.6 is 11.8 Å². The largest absolute Gasteiger partial charge is 0.344 e. The minimum atomic E-state index is 0.0374. The molecule has 5 rings (SSSR count). The van der Waals surface area contributed by atoms with Crippen molar-refractivity contribution in [2.75, 3.05) is 5.75 Å². The second-order valence-electron chi connectivity index (χ2n) is 8.11. The number of hydrogen-bond donors (Lipinski definition) is 0. The summed E-state index contributed by atoms with van der Waals surface area (Å²) in [6, 6.07) is 13.4. The first-order chi connectivity index (χ1) is 14.7. The predicted molar refractivity (Wildman–Crippen MR) is 123 cm³/mol. The lowest BCUT2D eigenvalue weighted by Gasteiger charge is -2.32. The van der Waals surface area contributed by atoms with Crippen molar-refractivity contribution in [2.24, 2.45) is 4.99 Å². The minimum Gasteiger partial charge on any atom is -0.344 e. The summed E-state index contributed by atoms with van der Waals surface area (Å²) < 4.78 is 2.41. The van der Waals surface area contributed by atoms with Crippen LogP contribution in [0.5, 0.6) is 0 Å². The molecular formula is C24H27N5S. The van der Waals surface area contributed by atoms with Crippen LogP contribution in [0.4, 0.5) is 0 Å². The van der Waals surface area contributed by atoms with Gasteiger partial charge in [-0.1, -0.05) is 30.8 Å². The Morgan fingerprint density at radius 1 is 1.13 bits per heavy atom. The van der Waals surface area contributed by atoms with Crippen LogP contribution in [0.3, 0.4) is 0 Å². The molecule has 0 aromatic carbocycles. The molecule has 0 spiro atoms. The third-order valence-electron chi connectivity index (χ3n) is 6.32. The van der Waals surface area contributed by atoms with Crippen molar-refractivity contribution in [2.45, 2.75) is 51.9 Å². The van der Waals surface area contributed by atoms with Crippen molar-refractivity contribution in [1.82, 2.24) is 19.4 Å². The highest BCUT2D eigenvalue weighted by atomic mass is 32.2. The zero-order valence-corrected chi connectivity index (χ0v) is 18.5. The van der Waals surface area contributed by atoms with Crippen LogP contribution < -0.4 is 0 Å². The zero-order chi connectivity index (χ0) is 20.7. The smallest absolute Gasteiger partial charge is 0.160 e. The Hall–Kier alpha value is -2.60. The van der Waals surface area contributed by atoms with Gasteiger partial charge in [0.2, 0.25) is 0 Å². The summed E-state index contributed by atoms with van der Waals surface area (Å²) in [6.45, 7) is 7.57. The molecule has 154 valence electrons. The number of nitrogens with zero attached hydrogens (tertiary/aromatic N) is 5. The fourth-order valence-electron chi connectivity index (χ4n) is 4.73. The van der Waals surface area contributed by atoms with Crippen LogP contribution in [-0.4, -0.2) is 36.4 Å². The molecular weight excluding hydrogens is 390 g/mol. The molecule has 1 saturated heterocycles. The van der Waals surface area contributed by atoms with Gasteiger partial charge in [-0.25, -0.2) is 0 Å². The molecule has 0 saturated carbocycles. The lowest BCUT2D eigenvalue weighted by molar-refractivity contribution is 0.254. The maximum absolute atomic E-state index is 5.16. The second-order valence-corrected chi connectivity index (χ2v) is 9.10. The van der Waals surface area contributed by atoms with Gasteiger partial charge in [-0.05, 0) is 55.7 Å². The fraction of sp³-hybridized carbons (Fsp3) is 0.375. The van der Waals surface area contributed by atoms with Crippen LogP contribution in [0.15, 0.2) is 60.0 Å². The van der Waals surface area contributed by atoms with Gasteiger partial charge in [0.1, 0.15) is 6.04 Å². The summed E-state index contributed by atoms with van der Waals surface area (Å²) in [6.07, 6.45) is 6.80. The highest BCUT2D eigenvalue weighted by Gasteiger charge is 2.46. The molecule has 30 heavy (non-hydrogen) atoms. The molecule has 3 aromatic heterocycles. The highest BCUT2D eigenvalue weighted by Crippen LogP contribution is 2.49. The van der Waals surface area contributed by atoms with Gasteiger partial charge >= 0.3 is 0 Å². The van der Waals surface area contributed by atoms with E-state index in [-0.39, 0.29) is 12.1 Å². The Morgan fingerprint density at radius 2 is 2.03 bits per heavy atom. The van der Waals surface area contributed by atoms with Crippen molar-refractivity contribution < 1.29 is 0 Å². The van der Waals surface area contributed by atoms with Gasteiger partial charge in [-0.2, -0.15) is 0 Å². The van der Waals surface area contributed by atoms with Crippen molar-refractivity contribution in [3.8, 4) is 0 Å². The number of hydrogen-bond acceptors (Lipinski definition) is 5. The Bertz CT molecular complexity index is 1060. The molecule has 5 nitrogen and oxygen atoms in total. The normalized spacial score (nSPS) is 23.0. The number of rotatable bonds is 5. The summed E-state index contributed by atoms with van der Waals surface area (Å²) in [5.74, 6) is 1.12. The van der Waals surface area contributed by atoms with Crippen molar-refractivity contribution in [1.29, 1.82) is 0 Å². The third kappa shape index (κ3) is 3.23. The quantitative estimate of drug-likeness (QED) is 0.591. The maximum atomic E-state index is 5.16. The summed E-state index contributed by atoms with van der Waals surface area (Å²) in [4.78, 5) is 16.7. The fourth-order valence-corrected chi connectivity index (χ4v) is 6.07. The molecule has 2 aliphatic heterocycles. The lowest BCUT2D eigenvalue weighted by atomic mass is 9.95. The predicted octanol–water partition coefficient (Wildman–Crippen LogP) is 4.92. The molecule has 0 N–H and O–H groups in total. The van der Waals surface area contributed by atoms with Gasteiger partial charge in [0.05, 0.1) is 11.7 Å². The van der Waals surface area contributed by atoms with Gasteiger partial charge in [0.25, 0.3) is 0 Å². The molecule has 2 aliphatic rings. The first kappa shape index (κ1) is 19.4. The van der Waals surface area contributed by atoms with E-state index in [0.717, 1.165) is 24.4 Å². The Kier molecular flexibility index (Phi) is 5.11. The SMILES string of the molecule is CC[C@@H]1CSC2=N[C@H](c3ccccn3)[C@H](c3cc(C)n(Cc4cccnc4)c3C)N21. The number of pyridine rings is 2. The van der Waals surface area contributed by atoms with E-state index < -0.39 is 0 Å². The molecule has 0 unspecified atom stereocenters. The van der Waals surface area contributed by atoms with E-state index in [1.165, 1.54) is 27.7 Å². The molecule has 0 aliphatic carbocycles.